The normalized spacial score (nSPS) is 17.0. The van der Waals surface area contributed by atoms with Crippen LogP contribution in [0.25, 0.3) is 0 Å². The van der Waals surface area contributed by atoms with Gasteiger partial charge in [0.1, 0.15) is 5.75 Å². The van der Waals surface area contributed by atoms with Crippen molar-refractivity contribution in [3.63, 3.8) is 0 Å². The lowest BCUT2D eigenvalue weighted by Crippen LogP contribution is -2.35. The van der Waals surface area contributed by atoms with E-state index in [1.165, 1.54) is 4.90 Å². The topological polar surface area (TPSA) is 73.6 Å². The maximum Gasteiger partial charge on any atom is 0.227 e. The summed E-state index contributed by atoms with van der Waals surface area (Å²) in [6.45, 7) is 3.13. The Bertz CT molecular complexity index is 624. The average molecular weight is 315 g/mol. The molecule has 1 aromatic carbocycles. The number of hydrogen-bond donors (Lipinski definition) is 0. The molecule has 0 N–H and O–H groups in total. The van der Waals surface area contributed by atoms with Crippen molar-refractivity contribution in [1.82, 2.24) is 4.90 Å². The molecule has 0 aliphatic carbocycles. The van der Waals surface area contributed by atoms with Crippen LogP contribution in [0.4, 0.5) is 5.69 Å². The smallest absolute Gasteiger partial charge is 0.227 e. The van der Waals surface area contributed by atoms with Crippen molar-refractivity contribution in [2.75, 3.05) is 31.6 Å². The minimum atomic E-state index is -0.374. The Labute approximate surface area is 136 Å². The number of para-hydroxylation sites is 2. The number of nitriles is 1. The molecular formula is C17H21N3O3. The van der Waals surface area contributed by atoms with Gasteiger partial charge in [-0.2, -0.15) is 5.26 Å². The molecule has 0 aromatic heterocycles. The molecule has 0 bridgehead atoms. The highest BCUT2D eigenvalue weighted by molar-refractivity contribution is 6.01. The SMILES string of the molecule is CCOc1ccccc1N1CC(C(=O)N(C)CCC#N)CC1=O. The minimum absolute atomic E-state index is 0.0795. The number of nitrogens with zero attached hydrogens (tertiary/aromatic N) is 3. The summed E-state index contributed by atoms with van der Waals surface area (Å²) in [5.41, 5.74) is 0.703. The quantitative estimate of drug-likeness (QED) is 0.802. The molecule has 1 saturated heterocycles. The summed E-state index contributed by atoms with van der Waals surface area (Å²) in [5, 5.41) is 8.61. The average Bonchev–Trinajstić information content (AvgIpc) is 2.94. The molecule has 1 aliphatic heterocycles. The number of benzene rings is 1. The zero-order valence-corrected chi connectivity index (χ0v) is 13.5. The van der Waals surface area contributed by atoms with Crippen LogP contribution in [0, 0.1) is 17.2 Å². The van der Waals surface area contributed by atoms with Crippen LogP contribution in [0.5, 0.6) is 5.75 Å². The van der Waals surface area contributed by atoms with Crippen molar-refractivity contribution in [3.05, 3.63) is 24.3 Å². The van der Waals surface area contributed by atoms with Gasteiger partial charge in [0.2, 0.25) is 11.8 Å². The van der Waals surface area contributed by atoms with Gasteiger partial charge in [-0.1, -0.05) is 12.1 Å². The Balaban J connectivity index is 2.11. The van der Waals surface area contributed by atoms with E-state index in [2.05, 4.69) is 0 Å². The second-order valence-electron chi connectivity index (χ2n) is 5.47. The fourth-order valence-electron chi connectivity index (χ4n) is 2.70. The summed E-state index contributed by atoms with van der Waals surface area (Å²) in [4.78, 5) is 27.9. The van der Waals surface area contributed by atoms with Crippen LogP contribution in [0.2, 0.25) is 0 Å². The molecule has 2 amide bonds. The highest BCUT2D eigenvalue weighted by Gasteiger charge is 2.37. The van der Waals surface area contributed by atoms with Crippen molar-refractivity contribution in [2.24, 2.45) is 5.92 Å². The van der Waals surface area contributed by atoms with E-state index in [9.17, 15) is 9.59 Å². The Morgan fingerprint density at radius 3 is 2.91 bits per heavy atom. The second-order valence-corrected chi connectivity index (χ2v) is 5.47. The largest absolute Gasteiger partial charge is 0.492 e. The standard InChI is InChI=1S/C17H21N3O3/c1-3-23-15-8-5-4-7-14(15)20-12-13(11-16(20)21)17(22)19(2)10-6-9-18/h4-5,7-8,13H,3,6,10-12H2,1-2H3. The van der Waals surface area contributed by atoms with Gasteiger partial charge in [0.15, 0.2) is 0 Å². The van der Waals surface area contributed by atoms with Crippen molar-refractivity contribution in [2.45, 2.75) is 19.8 Å². The number of ether oxygens (including phenoxy) is 1. The number of carbonyl (C=O) groups is 2. The molecule has 1 fully saturated rings. The van der Waals surface area contributed by atoms with Crippen LogP contribution in [-0.4, -0.2) is 43.5 Å². The fraction of sp³-hybridized carbons (Fsp3) is 0.471. The van der Waals surface area contributed by atoms with E-state index in [1.807, 2.05) is 37.3 Å². The summed E-state index contributed by atoms with van der Waals surface area (Å²) in [6.07, 6.45) is 0.482. The summed E-state index contributed by atoms with van der Waals surface area (Å²) in [6, 6.07) is 9.37. The van der Waals surface area contributed by atoms with Crippen molar-refractivity contribution >= 4 is 17.5 Å². The Morgan fingerprint density at radius 1 is 1.48 bits per heavy atom. The molecule has 1 atom stereocenters. The van der Waals surface area contributed by atoms with E-state index >= 15 is 0 Å². The number of carbonyl (C=O) groups excluding carboxylic acids is 2. The molecule has 1 aromatic rings. The van der Waals surface area contributed by atoms with Crippen molar-refractivity contribution < 1.29 is 14.3 Å². The number of hydrogen-bond acceptors (Lipinski definition) is 4. The van der Waals surface area contributed by atoms with E-state index in [4.69, 9.17) is 10.00 Å². The van der Waals surface area contributed by atoms with E-state index in [0.29, 0.717) is 37.6 Å². The van der Waals surface area contributed by atoms with Crippen LogP contribution >= 0.6 is 0 Å². The molecular weight excluding hydrogens is 294 g/mol. The minimum Gasteiger partial charge on any atom is -0.492 e. The van der Waals surface area contributed by atoms with E-state index in [1.54, 1.807) is 11.9 Å². The maximum absolute atomic E-state index is 12.4. The zero-order valence-electron chi connectivity index (χ0n) is 13.5. The number of anilines is 1. The molecule has 6 heteroatoms. The predicted octanol–water partition coefficient (Wildman–Crippen LogP) is 1.81. The molecule has 122 valence electrons. The summed E-state index contributed by atoms with van der Waals surface area (Å²) < 4.78 is 5.57. The Kier molecular flexibility index (Phi) is 5.58. The van der Waals surface area contributed by atoms with Crippen LogP contribution in [-0.2, 0) is 9.59 Å². The second kappa shape index (κ2) is 7.63. The summed E-state index contributed by atoms with van der Waals surface area (Å²) in [7, 11) is 1.67. The lowest BCUT2D eigenvalue weighted by atomic mass is 10.1. The highest BCUT2D eigenvalue weighted by atomic mass is 16.5. The van der Waals surface area contributed by atoms with Gasteiger partial charge in [-0.15, -0.1) is 0 Å². The number of rotatable bonds is 6. The summed E-state index contributed by atoms with van der Waals surface area (Å²) in [5.74, 6) is 0.101. The third-order valence-corrected chi connectivity index (χ3v) is 3.87. The third kappa shape index (κ3) is 3.81. The molecule has 0 saturated carbocycles. The number of amides is 2. The third-order valence-electron chi connectivity index (χ3n) is 3.87. The van der Waals surface area contributed by atoms with Gasteiger partial charge in [0, 0.05) is 26.6 Å². The lowest BCUT2D eigenvalue weighted by Gasteiger charge is -2.22. The first-order chi connectivity index (χ1) is 11.1. The molecule has 0 spiro atoms. The van der Waals surface area contributed by atoms with Gasteiger partial charge in [-0.05, 0) is 19.1 Å². The van der Waals surface area contributed by atoms with Gasteiger partial charge < -0.3 is 14.5 Å². The first-order valence-electron chi connectivity index (χ1n) is 7.72. The van der Waals surface area contributed by atoms with Gasteiger partial charge >= 0.3 is 0 Å². The lowest BCUT2D eigenvalue weighted by molar-refractivity contribution is -0.134. The van der Waals surface area contributed by atoms with Crippen LogP contribution < -0.4 is 9.64 Å². The summed E-state index contributed by atoms with van der Waals surface area (Å²) >= 11 is 0. The van der Waals surface area contributed by atoms with Crippen molar-refractivity contribution in [1.29, 1.82) is 5.26 Å². The highest BCUT2D eigenvalue weighted by Crippen LogP contribution is 2.33. The Hall–Kier alpha value is -2.55. The van der Waals surface area contributed by atoms with Gasteiger partial charge in [-0.3, -0.25) is 9.59 Å². The molecule has 0 radical (unpaired) electrons. The van der Waals surface area contributed by atoms with Gasteiger partial charge in [0.25, 0.3) is 0 Å². The van der Waals surface area contributed by atoms with Crippen LogP contribution in [0.1, 0.15) is 19.8 Å². The van der Waals surface area contributed by atoms with Gasteiger partial charge in [0.05, 0.1) is 30.7 Å². The monoisotopic (exact) mass is 315 g/mol. The predicted molar refractivity (Wildman–Crippen MR) is 85.9 cm³/mol. The van der Waals surface area contributed by atoms with Crippen LogP contribution in [0.15, 0.2) is 24.3 Å². The Morgan fingerprint density at radius 2 is 2.22 bits per heavy atom. The van der Waals surface area contributed by atoms with E-state index < -0.39 is 0 Å². The molecule has 1 aliphatic rings. The molecule has 23 heavy (non-hydrogen) atoms. The molecule has 6 nitrogen and oxygen atoms in total. The van der Waals surface area contributed by atoms with E-state index in [0.717, 1.165) is 0 Å². The van der Waals surface area contributed by atoms with Gasteiger partial charge in [-0.25, -0.2) is 0 Å². The maximum atomic E-state index is 12.4. The molecule has 2 rings (SSSR count). The first-order valence-corrected chi connectivity index (χ1v) is 7.72. The molecule has 1 unspecified atom stereocenters. The van der Waals surface area contributed by atoms with E-state index in [-0.39, 0.29) is 24.2 Å². The fourth-order valence-corrected chi connectivity index (χ4v) is 2.70. The molecule has 1 heterocycles. The van der Waals surface area contributed by atoms with Crippen LogP contribution in [0.3, 0.4) is 0 Å². The zero-order chi connectivity index (χ0) is 16.8. The van der Waals surface area contributed by atoms with Crippen molar-refractivity contribution in [3.8, 4) is 11.8 Å². The first kappa shape index (κ1) is 16.8.